The summed E-state index contributed by atoms with van der Waals surface area (Å²) < 4.78 is 0. The Morgan fingerprint density at radius 3 is 1.87 bits per heavy atom. The summed E-state index contributed by atoms with van der Waals surface area (Å²) in [7, 11) is 0. The van der Waals surface area contributed by atoms with Crippen LogP contribution in [0.1, 0.15) is 78.1 Å². The van der Waals surface area contributed by atoms with Gasteiger partial charge in [0.25, 0.3) is 0 Å². The first-order chi connectivity index (χ1) is 6.81. The van der Waals surface area contributed by atoms with Crippen LogP contribution in [0.3, 0.4) is 0 Å². The van der Waals surface area contributed by atoms with Gasteiger partial charge in [-0.3, -0.25) is 0 Å². The molecule has 0 saturated heterocycles. The monoisotopic (exact) mass is 221 g/mol. The van der Waals surface area contributed by atoms with Crippen molar-refractivity contribution in [1.29, 1.82) is 0 Å². The second-order valence-corrected chi connectivity index (χ2v) is 4.66. The van der Waals surface area contributed by atoms with E-state index in [-0.39, 0.29) is 29.6 Å². The Bertz CT molecular complexity index is 89.5. The van der Waals surface area contributed by atoms with E-state index in [2.05, 4.69) is 20.8 Å². The first kappa shape index (κ1) is 18.4. The Hall–Kier alpha value is 1.00. The zero-order valence-electron chi connectivity index (χ0n) is 10.4. The molecule has 0 aromatic heterocycles. The third-order valence-electron chi connectivity index (χ3n) is 3.00. The molecule has 1 heteroatoms. The van der Waals surface area contributed by atoms with Crippen molar-refractivity contribution < 1.29 is 0 Å². The molecule has 0 bridgehead atoms. The Kier molecular flexibility index (Phi) is 18.4. The normalized spacial score (nSPS) is 10.4. The molecule has 1 radical (unpaired) electrons. The molecule has 0 N–H and O–H groups in total. The first-order valence-electron chi connectivity index (χ1n) is 6.60. The molecule has 0 aliphatic heterocycles. The molecule has 0 nitrogen and oxygen atoms in total. The van der Waals surface area contributed by atoms with Crippen molar-refractivity contribution in [3.63, 3.8) is 0 Å². The Balaban J connectivity index is 0. The van der Waals surface area contributed by atoms with Crippen LogP contribution < -0.4 is 0 Å². The van der Waals surface area contributed by atoms with E-state index >= 15 is 0 Å². The van der Waals surface area contributed by atoms with Crippen LogP contribution in [0.4, 0.5) is 0 Å². The van der Waals surface area contributed by atoms with Gasteiger partial charge in [-0.2, -0.15) is 0 Å². The van der Waals surface area contributed by atoms with Crippen LogP contribution >= 0.6 is 0 Å². The fourth-order valence-corrected chi connectivity index (χ4v) is 1.91. The van der Waals surface area contributed by atoms with Crippen LogP contribution in [0.5, 0.6) is 0 Å². The van der Waals surface area contributed by atoms with Crippen molar-refractivity contribution in [2.75, 3.05) is 0 Å². The SMILES string of the molecule is [CH2]CCCCCC(C)CCCCCC.[NaH]. The molecule has 1 atom stereocenters. The molecule has 0 saturated carbocycles. The summed E-state index contributed by atoms with van der Waals surface area (Å²) in [6.07, 6.45) is 13.8. The minimum absolute atomic E-state index is 0. The summed E-state index contributed by atoms with van der Waals surface area (Å²) >= 11 is 0. The van der Waals surface area contributed by atoms with E-state index in [9.17, 15) is 0 Å². The summed E-state index contributed by atoms with van der Waals surface area (Å²) in [4.78, 5) is 0. The zero-order valence-corrected chi connectivity index (χ0v) is 10.4. The molecule has 1 unspecified atom stereocenters. The van der Waals surface area contributed by atoms with Gasteiger partial charge in [0, 0.05) is 0 Å². The van der Waals surface area contributed by atoms with E-state index in [1.165, 1.54) is 57.8 Å². The molecule has 0 rings (SSSR count). The van der Waals surface area contributed by atoms with E-state index < -0.39 is 0 Å². The third kappa shape index (κ3) is 15.0. The third-order valence-corrected chi connectivity index (χ3v) is 3.00. The molecule has 0 aromatic carbocycles. The Morgan fingerprint density at radius 1 is 0.867 bits per heavy atom. The number of unbranched alkanes of at least 4 members (excludes halogenated alkanes) is 6. The van der Waals surface area contributed by atoms with Gasteiger partial charge in [0.2, 0.25) is 0 Å². The molecular weight excluding hydrogens is 191 g/mol. The summed E-state index contributed by atoms with van der Waals surface area (Å²) in [5.74, 6) is 0.955. The maximum absolute atomic E-state index is 3.87. The summed E-state index contributed by atoms with van der Waals surface area (Å²) in [6, 6.07) is 0. The van der Waals surface area contributed by atoms with Crippen molar-refractivity contribution in [2.45, 2.75) is 78.1 Å². The molecular formula is C14H30Na. The van der Waals surface area contributed by atoms with E-state index in [1.807, 2.05) is 0 Å². The predicted molar refractivity (Wildman–Crippen MR) is 73.5 cm³/mol. The van der Waals surface area contributed by atoms with Crippen LogP contribution in [0.25, 0.3) is 0 Å². The fourth-order valence-electron chi connectivity index (χ4n) is 1.91. The zero-order chi connectivity index (χ0) is 10.6. The van der Waals surface area contributed by atoms with E-state index in [4.69, 9.17) is 0 Å². The number of hydrogen-bond acceptors (Lipinski definition) is 0. The van der Waals surface area contributed by atoms with Crippen molar-refractivity contribution in [3.05, 3.63) is 6.92 Å². The molecule has 0 heterocycles. The van der Waals surface area contributed by atoms with Gasteiger partial charge in [-0.25, -0.2) is 0 Å². The van der Waals surface area contributed by atoms with Gasteiger partial charge in [-0.15, -0.1) is 0 Å². The van der Waals surface area contributed by atoms with Crippen LogP contribution in [0.2, 0.25) is 0 Å². The molecule has 87 valence electrons. The van der Waals surface area contributed by atoms with Gasteiger partial charge in [-0.05, 0) is 5.92 Å². The minimum atomic E-state index is 0. The van der Waals surface area contributed by atoms with Crippen molar-refractivity contribution in [3.8, 4) is 0 Å². The summed E-state index contributed by atoms with van der Waals surface area (Å²) in [5.41, 5.74) is 0. The van der Waals surface area contributed by atoms with Gasteiger partial charge in [-0.1, -0.05) is 85.0 Å². The standard InChI is InChI=1S/C14H29.Na.H/c1-4-6-8-10-12-14(3)13-11-9-7-5-2;;/h14H,1,4-13H2,2-3H3;;. The molecule has 0 amide bonds. The summed E-state index contributed by atoms with van der Waals surface area (Å²) in [5, 5.41) is 0. The van der Waals surface area contributed by atoms with Crippen molar-refractivity contribution >= 4 is 29.6 Å². The molecule has 0 aromatic rings. The molecule has 0 spiro atoms. The van der Waals surface area contributed by atoms with Crippen LogP contribution in [0, 0.1) is 12.8 Å². The molecule has 15 heavy (non-hydrogen) atoms. The topological polar surface area (TPSA) is 0 Å². The van der Waals surface area contributed by atoms with E-state index in [0.717, 1.165) is 12.3 Å². The van der Waals surface area contributed by atoms with Gasteiger partial charge >= 0.3 is 29.6 Å². The summed E-state index contributed by atoms with van der Waals surface area (Å²) in [6.45, 7) is 8.57. The Labute approximate surface area is 120 Å². The van der Waals surface area contributed by atoms with Crippen molar-refractivity contribution in [2.24, 2.45) is 5.92 Å². The van der Waals surface area contributed by atoms with Gasteiger partial charge < -0.3 is 0 Å². The fraction of sp³-hybridized carbons (Fsp3) is 0.929. The molecule has 0 fully saturated rings. The second kappa shape index (κ2) is 15.0. The molecule has 0 aliphatic rings. The maximum atomic E-state index is 3.87. The Morgan fingerprint density at radius 2 is 1.40 bits per heavy atom. The van der Waals surface area contributed by atoms with Gasteiger partial charge in [0.05, 0.1) is 0 Å². The predicted octanol–water partition coefficient (Wildman–Crippen LogP) is 4.73. The number of hydrogen-bond donors (Lipinski definition) is 0. The second-order valence-electron chi connectivity index (χ2n) is 4.66. The van der Waals surface area contributed by atoms with Crippen molar-refractivity contribution in [1.82, 2.24) is 0 Å². The quantitative estimate of drug-likeness (QED) is 0.369. The molecule has 0 aliphatic carbocycles. The van der Waals surface area contributed by atoms with Crippen LogP contribution in [0.15, 0.2) is 0 Å². The van der Waals surface area contributed by atoms with Gasteiger partial charge in [0.1, 0.15) is 0 Å². The van der Waals surface area contributed by atoms with E-state index in [0.29, 0.717) is 0 Å². The average Bonchev–Trinajstić information content (AvgIpc) is 2.19. The number of rotatable bonds is 10. The average molecular weight is 221 g/mol. The van der Waals surface area contributed by atoms with Crippen LogP contribution in [-0.4, -0.2) is 29.6 Å². The van der Waals surface area contributed by atoms with Crippen LogP contribution in [-0.2, 0) is 0 Å². The van der Waals surface area contributed by atoms with E-state index in [1.54, 1.807) is 0 Å². The first-order valence-corrected chi connectivity index (χ1v) is 6.60. The van der Waals surface area contributed by atoms with Gasteiger partial charge in [0.15, 0.2) is 0 Å².